The lowest BCUT2D eigenvalue weighted by molar-refractivity contribution is -0.144. The molecule has 98 heavy (non-hydrogen) atoms. The fourth-order valence-corrected chi connectivity index (χ4v) is 6.70. The van der Waals surface area contributed by atoms with Crippen LogP contribution in [-0.4, -0.2) is 210 Å². The number of hydrogen-bond donors (Lipinski definition) is 15. The molecule has 5 amide bonds. The number of amides is 5. The topological polar surface area (TPSA) is 588 Å². The summed E-state index contributed by atoms with van der Waals surface area (Å²) in [5.41, 5.74) is 19.8. The van der Waals surface area contributed by atoms with Gasteiger partial charge in [0.15, 0.2) is 17.5 Å². The number of carbonyl (C=O) groups excluding carboxylic acids is 7. The molecule has 0 saturated carbocycles. The van der Waals surface area contributed by atoms with E-state index in [1.807, 2.05) is 104 Å². The molecule has 0 bridgehead atoms. The first-order chi connectivity index (χ1) is 44.7. The number of H-pyrrole nitrogens is 2. The van der Waals surface area contributed by atoms with Crippen molar-refractivity contribution in [2.45, 2.75) is 242 Å². The lowest BCUT2D eigenvalue weighted by atomic mass is 9.96. The van der Waals surface area contributed by atoms with Crippen molar-refractivity contribution in [1.29, 1.82) is 0 Å². The Bertz CT molecular complexity index is 2950. The Morgan fingerprint density at radius 1 is 0.551 bits per heavy atom. The summed E-state index contributed by atoms with van der Waals surface area (Å²) in [4.78, 5) is 83.2. The zero-order chi connectivity index (χ0) is 76.2. The Morgan fingerprint density at radius 2 is 1.01 bits per heavy atom. The number of rotatable bonds is 19. The van der Waals surface area contributed by atoms with Gasteiger partial charge in [-0.15, -0.1) is 35.7 Å². The van der Waals surface area contributed by atoms with Gasteiger partial charge in [-0.05, 0) is 90.0 Å². The minimum atomic E-state index is -0.984. The van der Waals surface area contributed by atoms with E-state index >= 15 is 0 Å². The van der Waals surface area contributed by atoms with Crippen molar-refractivity contribution in [2.75, 3.05) is 56.8 Å². The van der Waals surface area contributed by atoms with Crippen molar-refractivity contribution >= 4 is 70.2 Å². The van der Waals surface area contributed by atoms with Gasteiger partial charge in [-0.25, -0.2) is 4.79 Å². The Balaban J connectivity index is 0. The second-order valence-electron chi connectivity index (χ2n) is 28.4. The molecule has 0 aliphatic rings. The maximum Gasteiger partial charge on any atom is 0.407 e. The molecule has 39 nitrogen and oxygen atoms in total. The van der Waals surface area contributed by atoms with Gasteiger partial charge in [-0.1, -0.05) is 94.3 Å². The number of tetrazole rings is 2. The number of hydrogen-bond acceptors (Lipinski definition) is 33. The average molecular weight is 1410 g/mol. The molecule has 40 heteroatoms. The summed E-state index contributed by atoms with van der Waals surface area (Å²) in [5, 5.41) is 84.1. The number of aromatic nitrogens is 14. The van der Waals surface area contributed by atoms with E-state index in [2.05, 4.69) is 144 Å². The summed E-state index contributed by atoms with van der Waals surface area (Å²) in [6, 6.07) is -2.85. The smallest absolute Gasteiger partial charge is 0.407 e. The molecule has 19 N–H and O–H groups in total. The van der Waals surface area contributed by atoms with Gasteiger partial charge in [0.2, 0.25) is 34.7 Å². The maximum atomic E-state index is 11.9. The van der Waals surface area contributed by atoms with Gasteiger partial charge in [-0.3, -0.25) is 34.1 Å². The first-order valence-corrected chi connectivity index (χ1v) is 31.7. The summed E-state index contributed by atoms with van der Waals surface area (Å²) < 4.78 is 23.7. The van der Waals surface area contributed by atoms with Crippen LogP contribution < -0.4 is 60.2 Å². The van der Waals surface area contributed by atoms with E-state index in [1.54, 1.807) is 27.7 Å². The molecule has 558 valence electrons. The number of esters is 2. The predicted octanol–water partition coefficient (Wildman–Crippen LogP) is 0.859. The minimum Gasteiger partial charge on any atom is -0.464 e. The number of nitrogens with two attached hydrogens (primary N) is 4. The SMILES string of the molecule is CC(=O)OC[C@H](N)C(=O)NC(C)(C)C.CC(C)(C)NC(=O)[C@H](CO)NCCc1nn[nH]n1.CC(C)(C)NC(=O)[C@H](CO)NCc1nn[nH]n1.CC(C)(C)c1nnc(N)o1.CC(C)(C)c1nnc(N)s1.CC(C)(C)c1noc(N)n1.CCOC(=O)N[C@@H](COC(C)=O)C(=O)NC(C)(C)C. The first kappa shape index (κ1) is 91.3. The number of nitrogens with zero attached hydrogens (tertiary/aromatic N) is 12. The highest BCUT2D eigenvalue weighted by Crippen LogP contribution is 2.26. The van der Waals surface area contributed by atoms with Crippen molar-refractivity contribution in [1.82, 2.24) is 109 Å². The number of aliphatic hydroxyl groups excluding tert-OH is 2. The van der Waals surface area contributed by atoms with Crippen LogP contribution in [0.25, 0.3) is 0 Å². The average Bonchev–Trinajstić information content (AvgIpc) is 1.72. The van der Waals surface area contributed by atoms with Crippen molar-refractivity contribution in [3.05, 3.63) is 28.4 Å². The lowest BCUT2D eigenvalue weighted by Gasteiger charge is -2.25. The third-order valence-electron chi connectivity index (χ3n) is 10.4. The van der Waals surface area contributed by atoms with Gasteiger partial charge in [0.25, 0.3) is 0 Å². The van der Waals surface area contributed by atoms with Crippen molar-refractivity contribution in [3.8, 4) is 0 Å². The fourth-order valence-electron chi connectivity index (χ4n) is 6.03. The highest BCUT2D eigenvalue weighted by molar-refractivity contribution is 7.15. The van der Waals surface area contributed by atoms with Crippen LogP contribution in [0.5, 0.6) is 0 Å². The number of nitrogens with one attached hydrogen (secondary N) is 9. The molecule has 0 fully saturated rings. The molecular weight excluding hydrogens is 1300 g/mol. The van der Waals surface area contributed by atoms with Crippen LogP contribution in [0.15, 0.2) is 8.94 Å². The molecule has 5 aromatic heterocycles. The van der Waals surface area contributed by atoms with E-state index in [1.165, 1.54) is 25.2 Å². The molecule has 5 aromatic rings. The zero-order valence-electron chi connectivity index (χ0n) is 61.3. The molecule has 0 saturated heterocycles. The van der Waals surface area contributed by atoms with Gasteiger partial charge in [-0.2, -0.15) is 15.4 Å². The number of aliphatic hydroxyl groups is 2. The summed E-state index contributed by atoms with van der Waals surface area (Å²) in [6.07, 6.45) is -0.195. The highest BCUT2D eigenvalue weighted by Gasteiger charge is 2.28. The van der Waals surface area contributed by atoms with E-state index in [4.69, 9.17) is 37.2 Å². The third-order valence-corrected chi connectivity index (χ3v) is 11.6. The van der Waals surface area contributed by atoms with Gasteiger partial charge < -0.3 is 88.2 Å². The van der Waals surface area contributed by atoms with E-state index in [0.29, 0.717) is 41.5 Å². The van der Waals surface area contributed by atoms with E-state index in [-0.39, 0.29) is 102 Å². The van der Waals surface area contributed by atoms with E-state index in [0.717, 1.165) is 5.01 Å². The molecule has 5 heterocycles. The molecule has 0 unspecified atom stereocenters. The molecule has 0 aliphatic heterocycles. The molecule has 4 atom stereocenters. The minimum absolute atomic E-state index is 0.0787. The Kier molecular flexibility index (Phi) is 39.9. The second-order valence-corrected chi connectivity index (χ2v) is 29.4. The molecule has 0 radical (unpaired) electrons. The molecule has 5 rings (SSSR count). The van der Waals surface area contributed by atoms with Gasteiger partial charge in [0.1, 0.15) is 42.4 Å². The number of nitrogen functional groups attached to an aromatic ring is 3. The van der Waals surface area contributed by atoms with E-state index < -0.39 is 53.6 Å². The number of carbonyl (C=O) groups is 7. The second kappa shape index (κ2) is 42.8. The standard InChI is InChI=1S/C12H22N2O5.C10H20N6O2.C9H18N6O2.C9H18N2O3.2C6H11N3O.C6H11N3S/c1-6-18-11(17)13-9(7-19-8(2)15)10(16)14-12(3,4)5;1-10(2,3)12-9(18)7(6-17)11-5-4-8-13-15-16-14-8;1-9(2,3)11-8(17)6(5-16)10-4-7-12-14-15-13-7;1-6(12)14-5-7(10)8(13)11-9(2,3)4;1-6(2,3)4-8-9-5(7)10-4;1-6(2,3)4-8-5(7)10-9-4;1-6(2,3)4-8-9-5(7)10-4/h9H,6-7H2,1-5H3,(H,13,17)(H,14,16);7,11,17H,4-6H2,1-3H3,(H,12,18)(H,13,14,15,16);6,10,16H,4-5H2,1-3H3,(H,11,17)(H,12,13,14,15);7H,5,10H2,1-4H3,(H,11,13);1-3H3,(H2,7,9);1-3H3,(H2,7,8,9);1-3H3,(H2,7,9)/t9-;7-;6-;7-;;;/m0000.../s1. The quantitative estimate of drug-likeness (QED) is 0.0403. The Morgan fingerprint density at radius 3 is 1.34 bits per heavy atom. The van der Waals surface area contributed by atoms with Crippen LogP contribution in [0.4, 0.5) is 22.0 Å². The summed E-state index contributed by atoms with van der Waals surface area (Å²) >= 11 is 1.45. The van der Waals surface area contributed by atoms with Crippen LogP contribution >= 0.6 is 11.3 Å². The highest BCUT2D eigenvalue weighted by atomic mass is 32.1. The third kappa shape index (κ3) is 46.4. The van der Waals surface area contributed by atoms with Crippen LogP contribution in [0.1, 0.15) is 195 Å². The van der Waals surface area contributed by atoms with Gasteiger partial charge in [0.05, 0.1) is 26.4 Å². The Labute approximate surface area is 576 Å². The Hall–Kier alpha value is -8.73. The number of aromatic amines is 2. The zero-order valence-corrected chi connectivity index (χ0v) is 62.2. The van der Waals surface area contributed by atoms with Crippen molar-refractivity contribution in [3.63, 3.8) is 0 Å². The monoisotopic (exact) mass is 1410 g/mol. The normalized spacial score (nSPS) is 12.7. The van der Waals surface area contributed by atoms with Crippen LogP contribution in [0, 0.1) is 0 Å². The number of ether oxygens (including phenoxy) is 3. The predicted molar refractivity (Wildman–Crippen MR) is 363 cm³/mol. The van der Waals surface area contributed by atoms with Gasteiger partial charge >= 0.3 is 30.1 Å². The van der Waals surface area contributed by atoms with Crippen LogP contribution in [0.3, 0.4) is 0 Å². The molecule has 0 aliphatic carbocycles. The molecule has 0 spiro atoms. The number of anilines is 3. The summed E-state index contributed by atoms with van der Waals surface area (Å²) in [5.74, 6) is 0.00261. The lowest BCUT2D eigenvalue weighted by Crippen LogP contribution is -2.54. The largest absolute Gasteiger partial charge is 0.464 e. The van der Waals surface area contributed by atoms with Crippen LogP contribution in [0.2, 0.25) is 0 Å². The van der Waals surface area contributed by atoms with E-state index in [9.17, 15) is 38.7 Å². The maximum absolute atomic E-state index is 11.9. The first-order valence-electron chi connectivity index (χ1n) is 30.9. The van der Waals surface area contributed by atoms with Gasteiger partial charge in [0, 0.05) is 65.2 Å². The fraction of sp³-hybridized carbons (Fsp3) is 0.741. The summed E-state index contributed by atoms with van der Waals surface area (Å²) in [7, 11) is 0. The summed E-state index contributed by atoms with van der Waals surface area (Å²) in [6.45, 7) is 44.7. The number of alkyl carbamates (subject to hydrolysis) is 1. The van der Waals surface area contributed by atoms with Crippen molar-refractivity contribution in [2.24, 2.45) is 5.73 Å². The molecule has 0 aromatic carbocycles. The van der Waals surface area contributed by atoms with Crippen LogP contribution in [-0.2, 0) is 72.2 Å². The van der Waals surface area contributed by atoms with Crippen molar-refractivity contribution < 1.29 is 66.9 Å². The molecular formula is C58H111N25O14S.